The summed E-state index contributed by atoms with van der Waals surface area (Å²) in [5.74, 6) is -1.29. The van der Waals surface area contributed by atoms with Gasteiger partial charge < -0.3 is 5.11 Å². The Bertz CT molecular complexity index is 555. The Hall–Kier alpha value is -2.23. The van der Waals surface area contributed by atoms with Crippen molar-refractivity contribution < 1.29 is 14.3 Å². The maximum Gasteiger partial charge on any atom is 0.307 e. The average molecular weight is 231 g/mol. The summed E-state index contributed by atoms with van der Waals surface area (Å²) in [5, 5.41) is 8.69. The first kappa shape index (κ1) is 11.3. The lowest BCUT2D eigenvalue weighted by Crippen LogP contribution is -2.00. The minimum absolute atomic E-state index is 0.0933. The molecule has 0 radical (unpaired) electrons. The molecule has 0 saturated carbocycles. The zero-order chi connectivity index (χ0) is 12.3. The number of carbonyl (C=O) groups is 1. The van der Waals surface area contributed by atoms with Crippen LogP contribution in [0.25, 0.3) is 11.3 Å². The summed E-state index contributed by atoms with van der Waals surface area (Å²) < 4.78 is 13.5. The highest BCUT2D eigenvalue weighted by atomic mass is 19.1. The van der Waals surface area contributed by atoms with E-state index in [4.69, 9.17) is 5.11 Å². The van der Waals surface area contributed by atoms with Crippen LogP contribution in [0.5, 0.6) is 0 Å². The topological polar surface area (TPSA) is 50.2 Å². The maximum absolute atomic E-state index is 13.5. The van der Waals surface area contributed by atoms with Gasteiger partial charge in [-0.3, -0.25) is 9.78 Å². The molecule has 1 heterocycles. The number of carboxylic acid groups (broad SMARTS) is 1. The lowest BCUT2D eigenvalue weighted by atomic mass is 10.1. The van der Waals surface area contributed by atoms with E-state index in [1.165, 1.54) is 12.3 Å². The van der Waals surface area contributed by atoms with E-state index in [1.807, 2.05) is 0 Å². The van der Waals surface area contributed by atoms with Crippen molar-refractivity contribution in [3.05, 3.63) is 54.0 Å². The van der Waals surface area contributed by atoms with E-state index in [2.05, 4.69) is 4.98 Å². The van der Waals surface area contributed by atoms with Crippen LogP contribution in [-0.2, 0) is 11.2 Å². The van der Waals surface area contributed by atoms with Crippen LogP contribution in [0, 0.1) is 5.82 Å². The van der Waals surface area contributed by atoms with Crippen LogP contribution in [0.2, 0.25) is 0 Å². The fourth-order valence-electron chi connectivity index (χ4n) is 1.58. The molecule has 1 N–H and O–H groups in total. The Kier molecular flexibility index (Phi) is 3.14. The van der Waals surface area contributed by atoms with E-state index >= 15 is 0 Å². The van der Waals surface area contributed by atoms with E-state index in [0.717, 1.165) is 0 Å². The zero-order valence-corrected chi connectivity index (χ0v) is 8.93. The van der Waals surface area contributed by atoms with Gasteiger partial charge in [0.2, 0.25) is 0 Å². The molecule has 0 aliphatic heterocycles. The van der Waals surface area contributed by atoms with Gasteiger partial charge in [0.25, 0.3) is 0 Å². The number of halogens is 1. The molecule has 0 saturated heterocycles. The molecule has 2 rings (SSSR count). The summed E-state index contributed by atoms with van der Waals surface area (Å²) in [7, 11) is 0. The molecular weight excluding hydrogens is 221 g/mol. The van der Waals surface area contributed by atoms with Crippen molar-refractivity contribution in [1.82, 2.24) is 4.98 Å². The molecule has 0 bridgehead atoms. The van der Waals surface area contributed by atoms with Crippen molar-refractivity contribution in [2.45, 2.75) is 6.42 Å². The predicted molar refractivity (Wildman–Crippen MR) is 61.0 cm³/mol. The minimum Gasteiger partial charge on any atom is -0.481 e. The largest absolute Gasteiger partial charge is 0.481 e. The van der Waals surface area contributed by atoms with E-state index in [0.29, 0.717) is 16.8 Å². The summed E-state index contributed by atoms with van der Waals surface area (Å²) in [5.41, 5.74) is 1.42. The van der Waals surface area contributed by atoms with Gasteiger partial charge in [-0.15, -0.1) is 0 Å². The fourth-order valence-corrected chi connectivity index (χ4v) is 1.58. The maximum atomic E-state index is 13.5. The molecule has 0 aliphatic rings. The quantitative estimate of drug-likeness (QED) is 0.883. The smallest absolute Gasteiger partial charge is 0.307 e. The van der Waals surface area contributed by atoms with Crippen molar-refractivity contribution in [3.8, 4) is 11.3 Å². The van der Waals surface area contributed by atoms with Gasteiger partial charge in [0, 0.05) is 11.8 Å². The molecule has 4 heteroatoms. The van der Waals surface area contributed by atoms with Crippen molar-refractivity contribution in [2.75, 3.05) is 0 Å². The van der Waals surface area contributed by atoms with Crippen LogP contribution >= 0.6 is 0 Å². The number of pyridine rings is 1. The molecule has 0 atom stereocenters. The monoisotopic (exact) mass is 231 g/mol. The molecule has 17 heavy (non-hydrogen) atoms. The van der Waals surface area contributed by atoms with Gasteiger partial charge in [-0.2, -0.15) is 0 Å². The molecule has 0 unspecified atom stereocenters. The Morgan fingerprint density at radius 1 is 1.29 bits per heavy atom. The molecule has 0 fully saturated rings. The third-order valence-electron chi connectivity index (χ3n) is 2.33. The van der Waals surface area contributed by atoms with Crippen LogP contribution < -0.4 is 0 Å². The third-order valence-corrected chi connectivity index (χ3v) is 2.33. The van der Waals surface area contributed by atoms with Crippen LogP contribution in [0.1, 0.15) is 5.56 Å². The van der Waals surface area contributed by atoms with Crippen molar-refractivity contribution in [3.63, 3.8) is 0 Å². The standard InChI is InChI=1S/C13H10FNO2/c14-11-4-2-1-3-10(11)12-7-9(5-6-15-12)8-13(16)17/h1-7H,8H2,(H,16,17). The number of hydrogen-bond acceptors (Lipinski definition) is 2. The van der Waals surface area contributed by atoms with Gasteiger partial charge in [0.05, 0.1) is 12.1 Å². The highest BCUT2D eigenvalue weighted by molar-refractivity contribution is 5.71. The molecule has 0 spiro atoms. The van der Waals surface area contributed by atoms with Crippen LogP contribution in [0.4, 0.5) is 4.39 Å². The summed E-state index contributed by atoms with van der Waals surface area (Å²) in [6, 6.07) is 9.47. The number of benzene rings is 1. The Morgan fingerprint density at radius 3 is 2.76 bits per heavy atom. The van der Waals surface area contributed by atoms with Gasteiger partial charge in [-0.05, 0) is 29.8 Å². The van der Waals surface area contributed by atoms with E-state index in [9.17, 15) is 9.18 Å². The second-order valence-corrected chi connectivity index (χ2v) is 3.60. The zero-order valence-electron chi connectivity index (χ0n) is 8.93. The third kappa shape index (κ3) is 2.66. The van der Waals surface area contributed by atoms with Crippen molar-refractivity contribution >= 4 is 5.97 Å². The van der Waals surface area contributed by atoms with Gasteiger partial charge in [-0.25, -0.2) is 4.39 Å². The van der Waals surface area contributed by atoms with E-state index < -0.39 is 5.97 Å². The SMILES string of the molecule is O=C(O)Cc1ccnc(-c2ccccc2F)c1. The molecule has 1 aromatic carbocycles. The number of rotatable bonds is 3. The molecular formula is C13H10FNO2. The molecule has 0 amide bonds. The fraction of sp³-hybridized carbons (Fsp3) is 0.0769. The molecule has 86 valence electrons. The second-order valence-electron chi connectivity index (χ2n) is 3.60. The van der Waals surface area contributed by atoms with Crippen molar-refractivity contribution in [2.24, 2.45) is 0 Å². The van der Waals surface area contributed by atoms with Gasteiger partial charge in [0.15, 0.2) is 0 Å². The Balaban J connectivity index is 2.40. The molecule has 1 aromatic heterocycles. The Labute approximate surface area is 97.6 Å². The van der Waals surface area contributed by atoms with E-state index in [1.54, 1.807) is 30.3 Å². The molecule has 2 aromatic rings. The average Bonchev–Trinajstić information content (AvgIpc) is 2.29. The summed E-state index contributed by atoms with van der Waals surface area (Å²) in [6.07, 6.45) is 1.39. The van der Waals surface area contributed by atoms with E-state index in [-0.39, 0.29) is 12.2 Å². The first-order chi connectivity index (χ1) is 8.16. The predicted octanol–water partition coefficient (Wildman–Crippen LogP) is 2.51. The summed E-state index contributed by atoms with van der Waals surface area (Å²) >= 11 is 0. The summed E-state index contributed by atoms with van der Waals surface area (Å²) in [6.45, 7) is 0. The highest BCUT2D eigenvalue weighted by Gasteiger charge is 2.07. The van der Waals surface area contributed by atoms with Gasteiger partial charge >= 0.3 is 5.97 Å². The minimum atomic E-state index is -0.921. The first-order valence-electron chi connectivity index (χ1n) is 5.08. The first-order valence-corrected chi connectivity index (χ1v) is 5.08. The molecule has 3 nitrogen and oxygen atoms in total. The normalized spacial score (nSPS) is 10.2. The van der Waals surface area contributed by atoms with Gasteiger partial charge in [-0.1, -0.05) is 12.1 Å². The van der Waals surface area contributed by atoms with Crippen molar-refractivity contribution in [1.29, 1.82) is 0 Å². The highest BCUT2D eigenvalue weighted by Crippen LogP contribution is 2.21. The number of hydrogen-bond donors (Lipinski definition) is 1. The van der Waals surface area contributed by atoms with Crippen LogP contribution in [-0.4, -0.2) is 16.1 Å². The lowest BCUT2D eigenvalue weighted by Gasteiger charge is -2.04. The number of aromatic nitrogens is 1. The lowest BCUT2D eigenvalue weighted by molar-refractivity contribution is -0.136. The summed E-state index contributed by atoms with van der Waals surface area (Å²) in [4.78, 5) is 14.6. The van der Waals surface area contributed by atoms with Gasteiger partial charge in [0.1, 0.15) is 5.82 Å². The van der Waals surface area contributed by atoms with Crippen LogP contribution in [0.15, 0.2) is 42.6 Å². The number of nitrogens with zero attached hydrogens (tertiary/aromatic N) is 1. The Morgan fingerprint density at radius 2 is 2.06 bits per heavy atom. The number of aliphatic carboxylic acids is 1. The number of carboxylic acids is 1. The molecule has 0 aliphatic carbocycles. The van der Waals surface area contributed by atoms with Crippen LogP contribution in [0.3, 0.4) is 0 Å². The second kappa shape index (κ2) is 4.74.